The highest BCUT2D eigenvalue weighted by atomic mass is 16.5. The van der Waals surface area contributed by atoms with Crippen molar-refractivity contribution in [2.24, 2.45) is 0 Å². The Labute approximate surface area is 126 Å². The Kier molecular flexibility index (Phi) is 8.07. The van der Waals surface area contributed by atoms with Gasteiger partial charge in [-0.3, -0.25) is 0 Å². The van der Waals surface area contributed by atoms with Gasteiger partial charge in [0.15, 0.2) is 0 Å². The lowest BCUT2D eigenvalue weighted by atomic mass is 10.1. The van der Waals surface area contributed by atoms with Crippen molar-refractivity contribution in [2.45, 2.75) is 48.8 Å². The van der Waals surface area contributed by atoms with Crippen molar-refractivity contribution >= 4 is 0 Å². The standard InChI is InChI=1S/2C6H12O5/c2*7-1-3(8)6-5(10)4(9)2-11-6/h2*3-10H,1-2H2/t2*3-,4+,5-,6-/m11/s1. The van der Waals surface area contributed by atoms with Crippen LogP contribution in [0.5, 0.6) is 0 Å². The second-order valence-corrected chi connectivity index (χ2v) is 5.21. The lowest BCUT2D eigenvalue weighted by molar-refractivity contribution is -0.0685. The summed E-state index contributed by atoms with van der Waals surface area (Å²) in [5, 5.41) is 71.1. The molecule has 0 aliphatic carbocycles. The highest BCUT2D eigenvalue weighted by molar-refractivity contribution is 4.88. The van der Waals surface area contributed by atoms with Gasteiger partial charge in [-0.15, -0.1) is 0 Å². The smallest absolute Gasteiger partial charge is 0.114 e. The van der Waals surface area contributed by atoms with E-state index in [9.17, 15) is 0 Å². The summed E-state index contributed by atoms with van der Waals surface area (Å²) in [6, 6.07) is 0. The first-order chi connectivity index (χ1) is 10.3. The molecule has 0 saturated carbocycles. The normalized spacial score (nSPS) is 40.9. The Morgan fingerprint density at radius 1 is 0.727 bits per heavy atom. The Hall–Kier alpha value is -0.400. The summed E-state index contributed by atoms with van der Waals surface area (Å²) < 4.78 is 9.64. The van der Waals surface area contributed by atoms with E-state index in [4.69, 9.17) is 50.3 Å². The topological polar surface area (TPSA) is 180 Å². The summed E-state index contributed by atoms with van der Waals surface area (Å²) in [5.74, 6) is 0. The highest BCUT2D eigenvalue weighted by Crippen LogP contribution is 2.17. The summed E-state index contributed by atoms with van der Waals surface area (Å²) in [7, 11) is 0. The van der Waals surface area contributed by atoms with Crippen molar-refractivity contribution in [2.75, 3.05) is 26.4 Å². The summed E-state index contributed by atoms with van der Waals surface area (Å²) in [6.45, 7) is -0.950. The van der Waals surface area contributed by atoms with Crippen molar-refractivity contribution in [3.63, 3.8) is 0 Å². The van der Waals surface area contributed by atoms with Crippen LogP contribution in [-0.2, 0) is 9.47 Å². The molecule has 22 heavy (non-hydrogen) atoms. The van der Waals surface area contributed by atoms with Gasteiger partial charge in [0.2, 0.25) is 0 Å². The second-order valence-electron chi connectivity index (χ2n) is 5.21. The molecule has 0 bridgehead atoms. The van der Waals surface area contributed by atoms with Gasteiger partial charge in [0.05, 0.1) is 26.4 Å². The van der Waals surface area contributed by atoms with Gasteiger partial charge in [0.25, 0.3) is 0 Å². The van der Waals surface area contributed by atoms with E-state index in [0.717, 1.165) is 0 Å². The third kappa shape index (κ3) is 4.80. The van der Waals surface area contributed by atoms with E-state index >= 15 is 0 Å². The molecule has 2 aliphatic rings. The van der Waals surface area contributed by atoms with E-state index in [0.29, 0.717) is 0 Å². The Morgan fingerprint density at radius 3 is 1.23 bits per heavy atom. The summed E-state index contributed by atoms with van der Waals surface area (Å²) in [4.78, 5) is 0. The predicted molar refractivity (Wildman–Crippen MR) is 69.7 cm³/mol. The van der Waals surface area contributed by atoms with Gasteiger partial charge in [0, 0.05) is 0 Å². The first-order valence-electron chi connectivity index (χ1n) is 6.86. The minimum absolute atomic E-state index is 0.00287. The maximum atomic E-state index is 9.11. The third-order valence-corrected chi connectivity index (χ3v) is 3.51. The van der Waals surface area contributed by atoms with Gasteiger partial charge in [-0.2, -0.15) is 0 Å². The highest BCUT2D eigenvalue weighted by Gasteiger charge is 2.39. The van der Waals surface area contributed by atoms with Crippen LogP contribution in [0.15, 0.2) is 0 Å². The molecule has 2 fully saturated rings. The summed E-state index contributed by atoms with van der Waals surface area (Å²) in [6.07, 6.45) is -8.09. The maximum absolute atomic E-state index is 9.11. The molecule has 2 heterocycles. The van der Waals surface area contributed by atoms with E-state index in [2.05, 4.69) is 0 Å². The van der Waals surface area contributed by atoms with Crippen LogP contribution in [0.1, 0.15) is 0 Å². The molecular weight excluding hydrogens is 304 g/mol. The number of hydrogen-bond donors (Lipinski definition) is 8. The van der Waals surface area contributed by atoms with Gasteiger partial charge in [-0.25, -0.2) is 0 Å². The molecular formula is C12H24O10. The van der Waals surface area contributed by atoms with Crippen molar-refractivity contribution in [1.82, 2.24) is 0 Å². The lowest BCUT2D eigenvalue weighted by Gasteiger charge is -2.18. The fraction of sp³-hybridized carbons (Fsp3) is 1.00. The molecule has 8 N–H and O–H groups in total. The lowest BCUT2D eigenvalue weighted by Crippen LogP contribution is -2.40. The SMILES string of the molecule is OC[C@@H](O)[C@H]1OC[C@H](O)[C@H]1O.OC[C@@H](O)[C@H]1OC[C@H](O)[C@H]1O. The Balaban J connectivity index is 0.000000220. The number of aliphatic hydroxyl groups is 8. The van der Waals surface area contributed by atoms with Crippen molar-refractivity contribution < 1.29 is 50.3 Å². The molecule has 0 aromatic carbocycles. The maximum Gasteiger partial charge on any atom is 0.114 e. The largest absolute Gasteiger partial charge is 0.394 e. The van der Waals surface area contributed by atoms with Crippen LogP contribution < -0.4 is 0 Å². The van der Waals surface area contributed by atoms with Crippen LogP contribution in [0.3, 0.4) is 0 Å². The molecule has 8 atom stereocenters. The van der Waals surface area contributed by atoms with E-state index in [1.165, 1.54) is 0 Å². The molecule has 0 aromatic rings. The van der Waals surface area contributed by atoms with Crippen LogP contribution in [0.25, 0.3) is 0 Å². The Bertz CT molecular complexity index is 286. The van der Waals surface area contributed by atoms with Crippen LogP contribution >= 0.6 is 0 Å². The molecule has 132 valence electrons. The molecule has 2 aliphatic heterocycles. The molecule has 2 saturated heterocycles. The van der Waals surface area contributed by atoms with E-state index in [-0.39, 0.29) is 13.2 Å². The molecule has 10 heteroatoms. The third-order valence-electron chi connectivity index (χ3n) is 3.51. The van der Waals surface area contributed by atoms with Gasteiger partial charge in [0.1, 0.15) is 48.8 Å². The van der Waals surface area contributed by atoms with Crippen molar-refractivity contribution in [3.05, 3.63) is 0 Å². The first-order valence-corrected chi connectivity index (χ1v) is 6.86. The van der Waals surface area contributed by atoms with Crippen LogP contribution in [0, 0.1) is 0 Å². The average molecular weight is 328 g/mol. The minimum Gasteiger partial charge on any atom is -0.394 e. The monoisotopic (exact) mass is 328 g/mol. The zero-order chi connectivity index (χ0) is 16.9. The van der Waals surface area contributed by atoms with Gasteiger partial charge < -0.3 is 50.3 Å². The predicted octanol–water partition coefficient (Wildman–Crippen LogP) is -5.08. The molecule has 0 unspecified atom stereocenters. The number of ether oxygens (including phenoxy) is 2. The second kappa shape index (κ2) is 9.03. The molecule has 0 radical (unpaired) electrons. The van der Waals surface area contributed by atoms with Gasteiger partial charge in [-0.1, -0.05) is 0 Å². The fourth-order valence-corrected chi connectivity index (χ4v) is 2.14. The van der Waals surface area contributed by atoms with Gasteiger partial charge >= 0.3 is 0 Å². The molecule has 2 rings (SSSR count). The average Bonchev–Trinajstić information content (AvgIpc) is 3.02. The van der Waals surface area contributed by atoms with E-state index in [1.54, 1.807) is 0 Å². The number of rotatable bonds is 4. The molecule has 0 spiro atoms. The number of aliphatic hydroxyl groups excluding tert-OH is 8. The van der Waals surface area contributed by atoms with E-state index < -0.39 is 62.0 Å². The minimum atomic E-state index is -1.12. The molecule has 0 aromatic heterocycles. The van der Waals surface area contributed by atoms with E-state index in [1.807, 2.05) is 0 Å². The van der Waals surface area contributed by atoms with Crippen molar-refractivity contribution in [1.29, 1.82) is 0 Å². The van der Waals surface area contributed by atoms with Crippen LogP contribution in [0.2, 0.25) is 0 Å². The van der Waals surface area contributed by atoms with Crippen LogP contribution in [-0.4, -0.2) is 116 Å². The zero-order valence-electron chi connectivity index (χ0n) is 11.8. The zero-order valence-corrected chi connectivity index (χ0v) is 11.8. The van der Waals surface area contributed by atoms with Crippen LogP contribution in [0.4, 0.5) is 0 Å². The first kappa shape index (κ1) is 19.6. The summed E-state index contributed by atoms with van der Waals surface area (Å²) >= 11 is 0. The quantitative estimate of drug-likeness (QED) is 0.249. The number of hydrogen-bond acceptors (Lipinski definition) is 10. The molecule has 10 nitrogen and oxygen atoms in total. The molecule has 0 amide bonds. The Morgan fingerprint density at radius 2 is 1.05 bits per heavy atom. The van der Waals surface area contributed by atoms with Crippen molar-refractivity contribution in [3.8, 4) is 0 Å². The fourth-order valence-electron chi connectivity index (χ4n) is 2.14. The summed E-state index contributed by atoms with van der Waals surface area (Å²) in [5.41, 5.74) is 0. The van der Waals surface area contributed by atoms with Gasteiger partial charge in [-0.05, 0) is 0 Å².